The van der Waals surface area contributed by atoms with Crippen LogP contribution in [-0.4, -0.2) is 4.83 Å². The fourth-order valence-corrected chi connectivity index (χ4v) is 9.14. The van der Waals surface area contributed by atoms with Crippen LogP contribution in [0.2, 0.25) is 0 Å². The van der Waals surface area contributed by atoms with Gasteiger partial charge in [-0.25, -0.2) is 0 Å². The third-order valence-corrected chi connectivity index (χ3v) is 7.95. The second-order valence-electron chi connectivity index (χ2n) is 9.21. The number of thiophene rings is 1. The lowest BCUT2D eigenvalue weighted by atomic mass is 9.40. The van der Waals surface area contributed by atoms with E-state index < -0.39 is 0 Å². The van der Waals surface area contributed by atoms with E-state index in [0.29, 0.717) is 21.1 Å². The number of alkyl halides is 1. The molecule has 4 aliphatic rings. The average molecular weight is 367 g/mol. The highest BCUT2D eigenvalue weighted by Crippen LogP contribution is 2.70. The molecule has 0 nitrogen and oxygen atoms in total. The maximum Gasteiger partial charge on any atom is 0.0199 e. The van der Waals surface area contributed by atoms with Crippen molar-refractivity contribution in [1.82, 2.24) is 0 Å². The lowest BCUT2D eigenvalue weighted by molar-refractivity contribution is -0.147. The Morgan fingerprint density at radius 2 is 1.90 bits per heavy atom. The summed E-state index contributed by atoms with van der Waals surface area (Å²) in [5.41, 5.74) is 1.96. The Balaban J connectivity index is 1.51. The number of rotatable bonds is 4. The third-order valence-electron chi connectivity index (χ3n) is 6.40. The first kappa shape index (κ1) is 14.8. The minimum atomic E-state index is 0.647. The molecule has 2 heteroatoms. The minimum absolute atomic E-state index is 0.647. The molecular weight excluding hydrogens is 340 g/mol. The Bertz CT molecular complexity index is 502. The highest BCUT2D eigenvalue weighted by Gasteiger charge is 2.59. The van der Waals surface area contributed by atoms with Gasteiger partial charge in [-0.05, 0) is 85.0 Å². The largest absolute Gasteiger partial charge is 0.149 e. The molecule has 0 saturated heterocycles. The van der Waals surface area contributed by atoms with Crippen molar-refractivity contribution < 1.29 is 0 Å². The zero-order valence-electron chi connectivity index (χ0n) is 13.3. The predicted octanol–water partition coefficient (Wildman–Crippen LogP) is 6.44. The van der Waals surface area contributed by atoms with E-state index >= 15 is 0 Å². The molecule has 116 valence electrons. The Kier molecular flexibility index (Phi) is 3.40. The fraction of sp³-hybridized carbons (Fsp3) is 0.789. The van der Waals surface area contributed by atoms with Crippen molar-refractivity contribution >= 4 is 27.3 Å². The van der Waals surface area contributed by atoms with Crippen LogP contribution in [0.15, 0.2) is 17.5 Å². The summed E-state index contributed by atoms with van der Waals surface area (Å²) in [6, 6.07) is 4.48. The summed E-state index contributed by atoms with van der Waals surface area (Å²) in [7, 11) is 0. The van der Waals surface area contributed by atoms with E-state index in [-0.39, 0.29) is 0 Å². The number of hydrogen-bond acceptors (Lipinski definition) is 1. The van der Waals surface area contributed by atoms with Crippen LogP contribution in [0.5, 0.6) is 0 Å². The molecule has 4 saturated carbocycles. The van der Waals surface area contributed by atoms with E-state index in [1.165, 1.54) is 51.4 Å². The van der Waals surface area contributed by atoms with E-state index in [0.717, 1.165) is 5.92 Å². The van der Waals surface area contributed by atoms with E-state index in [1.807, 2.05) is 11.3 Å². The molecule has 4 aliphatic carbocycles. The van der Waals surface area contributed by atoms with Crippen LogP contribution >= 0.6 is 27.3 Å². The molecule has 4 bridgehead atoms. The molecule has 21 heavy (non-hydrogen) atoms. The van der Waals surface area contributed by atoms with Gasteiger partial charge in [-0.1, -0.05) is 35.8 Å². The van der Waals surface area contributed by atoms with Crippen molar-refractivity contribution in [3.8, 4) is 0 Å². The first-order valence-electron chi connectivity index (χ1n) is 8.54. The van der Waals surface area contributed by atoms with Gasteiger partial charge in [0.25, 0.3) is 0 Å². The first-order valence-corrected chi connectivity index (χ1v) is 10.3. The molecule has 5 rings (SSSR count). The molecular formula is C19H27BrS. The second-order valence-corrected chi connectivity index (χ2v) is 11.5. The summed E-state index contributed by atoms with van der Waals surface area (Å²) in [4.78, 5) is 2.21. The minimum Gasteiger partial charge on any atom is -0.149 e. The Morgan fingerprint density at radius 3 is 2.48 bits per heavy atom. The van der Waals surface area contributed by atoms with Crippen LogP contribution in [0.1, 0.15) is 63.7 Å². The van der Waals surface area contributed by atoms with Crippen LogP contribution < -0.4 is 0 Å². The number of hydrogen-bond donors (Lipinski definition) is 0. The van der Waals surface area contributed by atoms with Crippen molar-refractivity contribution in [2.45, 2.75) is 70.0 Å². The number of halogens is 1. The fourth-order valence-electron chi connectivity index (χ4n) is 7.10. The normalized spacial score (nSPS) is 46.0. The summed E-state index contributed by atoms with van der Waals surface area (Å²) >= 11 is 5.94. The Morgan fingerprint density at radius 1 is 1.19 bits per heavy atom. The smallest absolute Gasteiger partial charge is 0.0199 e. The quantitative estimate of drug-likeness (QED) is 0.537. The summed E-state index contributed by atoms with van der Waals surface area (Å²) in [6.45, 7) is 5.18. The molecule has 0 amide bonds. The molecule has 0 N–H and O–H groups in total. The van der Waals surface area contributed by atoms with Gasteiger partial charge in [-0.15, -0.1) is 11.3 Å². The van der Waals surface area contributed by atoms with E-state index in [2.05, 4.69) is 47.3 Å². The van der Waals surface area contributed by atoms with Crippen molar-refractivity contribution in [1.29, 1.82) is 0 Å². The average Bonchev–Trinajstić information content (AvgIpc) is 2.74. The SMILES string of the molecule is CC12CC3CC(C)(C1)CC(CC(Br)Cc1cccs1)(C3)C2. The third kappa shape index (κ3) is 2.76. The van der Waals surface area contributed by atoms with Crippen LogP contribution in [0, 0.1) is 22.2 Å². The Hall–Kier alpha value is 0.180. The van der Waals surface area contributed by atoms with Gasteiger partial charge in [0.2, 0.25) is 0 Å². The molecule has 1 aromatic heterocycles. The van der Waals surface area contributed by atoms with Crippen molar-refractivity contribution in [3.05, 3.63) is 22.4 Å². The highest BCUT2D eigenvalue weighted by atomic mass is 79.9. The molecule has 1 aromatic rings. The van der Waals surface area contributed by atoms with Gasteiger partial charge in [-0.2, -0.15) is 0 Å². The van der Waals surface area contributed by atoms with E-state index in [1.54, 1.807) is 4.88 Å². The molecule has 0 radical (unpaired) electrons. The summed E-state index contributed by atoms with van der Waals surface area (Å²) in [5, 5.41) is 2.21. The lowest BCUT2D eigenvalue weighted by Crippen LogP contribution is -2.55. The monoisotopic (exact) mass is 366 g/mol. The van der Waals surface area contributed by atoms with E-state index in [4.69, 9.17) is 0 Å². The highest BCUT2D eigenvalue weighted by molar-refractivity contribution is 9.09. The van der Waals surface area contributed by atoms with Crippen molar-refractivity contribution in [2.24, 2.45) is 22.2 Å². The summed E-state index contributed by atoms with van der Waals surface area (Å²) in [6.07, 6.45) is 11.7. The van der Waals surface area contributed by atoms with Gasteiger partial charge in [0.15, 0.2) is 0 Å². The summed E-state index contributed by atoms with van der Waals surface area (Å²) in [5.74, 6) is 1.03. The van der Waals surface area contributed by atoms with Crippen LogP contribution in [0.4, 0.5) is 0 Å². The van der Waals surface area contributed by atoms with Crippen LogP contribution in [0.25, 0.3) is 0 Å². The first-order chi connectivity index (χ1) is 9.88. The zero-order valence-corrected chi connectivity index (χ0v) is 15.7. The maximum absolute atomic E-state index is 4.03. The van der Waals surface area contributed by atoms with Gasteiger partial charge in [0.05, 0.1) is 0 Å². The Labute approximate surface area is 141 Å². The summed E-state index contributed by atoms with van der Waals surface area (Å²) < 4.78 is 0. The standard InChI is InChI=1S/C19H27BrS/c1-17-7-14-8-18(2,11-17)13-19(9-14,12-17)10-15(20)6-16-4-3-5-21-16/h3-5,14-15H,6-13H2,1-2H3. The predicted molar refractivity (Wildman–Crippen MR) is 95.2 cm³/mol. The molecule has 0 aromatic carbocycles. The van der Waals surface area contributed by atoms with Gasteiger partial charge in [0.1, 0.15) is 0 Å². The van der Waals surface area contributed by atoms with Gasteiger partial charge < -0.3 is 0 Å². The van der Waals surface area contributed by atoms with Crippen molar-refractivity contribution in [2.75, 3.05) is 0 Å². The van der Waals surface area contributed by atoms with Crippen LogP contribution in [-0.2, 0) is 6.42 Å². The molecule has 3 unspecified atom stereocenters. The molecule has 1 heterocycles. The molecule has 0 aliphatic heterocycles. The second kappa shape index (κ2) is 4.84. The molecule has 3 atom stereocenters. The van der Waals surface area contributed by atoms with E-state index in [9.17, 15) is 0 Å². The molecule has 4 fully saturated rings. The van der Waals surface area contributed by atoms with Gasteiger partial charge in [-0.3, -0.25) is 0 Å². The topological polar surface area (TPSA) is 0 Å². The van der Waals surface area contributed by atoms with Gasteiger partial charge >= 0.3 is 0 Å². The zero-order chi connectivity index (χ0) is 14.7. The molecule has 0 spiro atoms. The van der Waals surface area contributed by atoms with Crippen molar-refractivity contribution in [3.63, 3.8) is 0 Å². The van der Waals surface area contributed by atoms with Gasteiger partial charge in [0, 0.05) is 9.70 Å². The lowest BCUT2D eigenvalue weighted by Gasteiger charge is -2.66. The van der Waals surface area contributed by atoms with Crippen LogP contribution in [0.3, 0.4) is 0 Å². The maximum atomic E-state index is 4.03.